The number of rotatable bonds is 2. The molecule has 2 nitrogen and oxygen atoms in total. The smallest absolute Gasteiger partial charge is 0.145 e. The van der Waals surface area contributed by atoms with E-state index in [9.17, 15) is 0 Å². The fourth-order valence-corrected chi connectivity index (χ4v) is 3.95. The molecule has 140 valence electrons. The molecule has 0 bridgehead atoms. The van der Waals surface area contributed by atoms with Crippen LogP contribution in [0.5, 0.6) is 0 Å². The van der Waals surface area contributed by atoms with E-state index in [1.54, 1.807) is 0 Å². The number of imidazole rings is 1. The number of fused-ring (bicyclic) bond motifs is 3. The largest absolute Gasteiger partial charge is 0.295 e. The Morgan fingerprint density at radius 3 is 2.32 bits per heavy atom. The van der Waals surface area contributed by atoms with Gasteiger partial charge in [0, 0.05) is 21.9 Å². The number of aromatic nitrogens is 2. The van der Waals surface area contributed by atoms with E-state index in [1.165, 1.54) is 16.8 Å². The fraction of sp³-hybridized carbons (Fsp3) is 0.192. The van der Waals surface area contributed by atoms with Gasteiger partial charge in [0.05, 0.1) is 11.0 Å². The number of hydrogen-bond donors (Lipinski definition) is 0. The molecule has 4 aromatic rings. The molecule has 0 amide bonds. The third-order valence-corrected chi connectivity index (χ3v) is 5.11. The molecule has 0 radical (unpaired) electrons. The highest BCUT2D eigenvalue weighted by molar-refractivity contribution is 5.84. The van der Waals surface area contributed by atoms with Crippen LogP contribution in [0.25, 0.3) is 40.5 Å². The SMILES string of the molecule is C=c1c(=CC=CC)c(-c2ccccc2)c(C(C)(C)C)n2c1nc1ccccc12. The molecule has 0 spiro atoms. The van der Waals surface area contributed by atoms with Crippen molar-refractivity contribution in [2.45, 2.75) is 33.1 Å². The Bertz CT molecular complexity index is 1300. The van der Waals surface area contributed by atoms with Crippen molar-refractivity contribution < 1.29 is 0 Å². The van der Waals surface area contributed by atoms with E-state index < -0.39 is 0 Å². The molecule has 0 aliphatic rings. The van der Waals surface area contributed by atoms with Gasteiger partial charge in [-0.1, -0.05) is 88.0 Å². The molecule has 4 rings (SSSR count). The number of allylic oxidation sites excluding steroid dienone is 2. The summed E-state index contributed by atoms with van der Waals surface area (Å²) in [7, 11) is 0. The molecule has 0 aliphatic heterocycles. The first kappa shape index (κ1) is 18.2. The molecule has 0 saturated carbocycles. The minimum Gasteiger partial charge on any atom is -0.295 e. The van der Waals surface area contributed by atoms with Gasteiger partial charge in [-0.05, 0) is 29.8 Å². The Morgan fingerprint density at radius 1 is 0.964 bits per heavy atom. The van der Waals surface area contributed by atoms with Crippen LogP contribution in [0, 0.1) is 0 Å². The van der Waals surface area contributed by atoms with Crippen LogP contribution in [0.2, 0.25) is 0 Å². The summed E-state index contributed by atoms with van der Waals surface area (Å²) in [6.45, 7) is 13.3. The topological polar surface area (TPSA) is 17.3 Å². The number of benzene rings is 2. The quantitative estimate of drug-likeness (QED) is 0.475. The van der Waals surface area contributed by atoms with Crippen molar-refractivity contribution in [2.24, 2.45) is 0 Å². The molecule has 0 atom stereocenters. The van der Waals surface area contributed by atoms with Gasteiger partial charge in [-0.25, -0.2) is 4.98 Å². The summed E-state index contributed by atoms with van der Waals surface area (Å²) in [5.74, 6) is 0. The van der Waals surface area contributed by atoms with Gasteiger partial charge in [-0.15, -0.1) is 0 Å². The second-order valence-electron chi connectivity index (χ2n) is 8.18. The van der Waals surface area contributed by atoms with E-state index in [0.717, 1.165) is 27.1 Å². The normalized spacial score (nSPS) is 13.2. The van der Waals surface area contributed by atoms with Crippen molar-refractivity contribution >= 4 is 29.3 Å². The van der Waals surface area contributed by atoms with Crippen LogP contribution in [0.3, 0.4) is 0 Å². The Balaban J connectivity index is 2.37. The predicted molar refractivity (Wildman–Crippen MR) is 121 cm³/mol. The second kappa shape index (κ2) is 6.79. The molecule has 0 aliphatic carbocycles. The maximum absolute atomic E-state index is 4.95. The summed E-state index contributed by atoms with van der Waals surface area (Å²) >= 11 is 0. The fourth-order valence-electron chi connectivity index (χ4n) is 3.95. The third-order valence-electron chi connectivity index (χ3n) is 5.11. The summed E-state index contributed by atoms with van der Waals surface area (Å²) < 4.78 is 2.31. The summed E-state index contributed by atoms with van der Waals surface area (Å²) in [5, 5.41) is 2.10. The lowest BCUT2D eigenvalue weighted by Crippen LogP contribution is -2.34. The van der Waals surface area contributed by atoms with E-state index in [2.05, 4.69) is 98.5 Å². The molecule has 2 heteroatoms. The third kappa shape index (κ3) is 2.86. The van der Waals surface area contributed by atoms with Gasteiger partial charge in [-0.2, -0.15) is 0 Å². The molecular weight excluding hydrogens is 340 g/mol. The van der Waals surface area contributed by atoms with Crippen molar-refractivity contribution in [1.82, 2.24) is 9.38 Å². The highest BCUT2D eigenvalue weighted by atomic mass is 15.0. The van der Waals surface area contributed by atoms with E-state index in [0.29, 0.717) is 0 Å². The number of para-hydroxylation sites is 2. The van der Waals surface area contributed by atoms with Crippen molar-refractivity contribution in [3.8, 4) is 11.1 Å². The average molecular weight is 367 g/mol. The van der Waals surface area contributed by atoms with Crippen LogP contribution < -0.4 is 10.4 Å². The summed E-state index contributed by atoms with van der Waals surface area (Å²) in [6, 6.07) is 19.0. The molecule has 2 aromatic heterocycles. The van der Waals surface area contributed by atoms with Crippen LogP contribution >= 0.6 is 0 Å². The van der Waals surface area contributed by atoms with Crippen LogP contribution in [0.4, 0.5) is 0 Å². The van der Waals surface area contributed by atoms with Crippen LogP contribution in [-0.2, 0) is 5.41 Å². The van der Waals surface area contributed by atoms with E-state index in [-0.39, 0.29) is 5.41 Å². The minimum atomic E-state index is -0.0842. The Morgan fingerprint density at radius 2 is 1.64 bits per heavy atom. The molecular formula is C26H26N2. The first-order valence-corrected chi connectivity index (χ1v) is 9.74. The lowest BCUT2D eigenvalue weighted by atomic mass is 9.84. The zero-order valence-electron chi connectivity index (χ0n) is 17.0. The van der Waals surface area contributed by atoms with Gasteiger partial charge < -0.3 is 0 Å². The van der Waals surface area contributed by atoms with Crippen LogP contribution in [0.15, 0.2) is 66.7 Å². The van der Waals surface area contributed by atoms with Gasteiger partial charge in [0.15, 0.2) is 0 Å². The number of hydrogen-bond acceptors (Lipinski definition) is 1. The predicted octanol–water partition coefficient (Wildman–Crippen LogP) is 5.22. The summed E-state index contributed by atoms with van der Waals surface area (Å²) in [4.78, 5) is 4.95. The molecule has 2 heterocycles. The van der Waals surface area contributed by atoms with Gasteiger partial charge in [-0.3, -0.25) is 4.40 Å². The van der Waals surface area contributed by atoms with E-state index in [4.69, 9.17) is 4.98 Å². The molecule has 0 N–H and O–H groups in total. The summed E-state index contributed by atoms with van der Waals surface area (Å²) in [5.41, 5.74) is 6.66. The minimum absolute atomic E-state index is 0.0842. The monoisotopic (exact) mass is 366 g/mol. The first-order valence-electron chi connectivity index (χ1n) is 9.74. The van der Waals surface area contributed by atoms with Crippen LogP contribution in [-0.4, -0.2) is 9.38 Å². The van der Waals surface area contributed by atoms with Crippen molar-refractivity contribution in [3.63, 3.8) is 0 Å². The Kier molecular flexibility index (Phi) is 4.43. The highest BCUT2D eigenvalue weighted by Gasteiger charge is 2.25. The van der Waals surface area contributed by atoms with E-state index >= 15 is 0 Å². The van der Waals surface area contributed by atoms with E-state index in [1.807, 2.05) is 13.0 Å². The van der Waals surface area contributed by atoms with Gasteiger partial charge in [0.1, 0.15) is 5.65 Å². The van der Waals surface area contributed by atoms with Crippen LogP contribution in [0.1, 0.15) is 33.4 Å². The van der Waals surface area contributed by atoms with Gasteiger partial charge in [0.2, 0.25) is 0 Å². The molecule has 28 heavy (non-hydrogen) atoms. The zero-order valence-corrected chi connectivity index (χ0v) is 17.0. The number of pyridine rings is 1. The highest BCUT2D eigenvalue weighted by Crippen LogP contribution is 2.32. The Hall–Kier alpha value is -3.13. The molecule has 2 aromatic carbocycles. The molecule has 0 fully saturated rings. The summed E-state index contributed by atoms with van der Waals surface area (Å²) in [6.07, 6.45) is 6.30. The number of nitrogens with zero attached hydrogens (tertiary/aromatic N) is 2. The van der Waals surface area contributed by atoms with Crippen molar-refractivity contribution in [1.29, 1.82) is 0 Å². The maximum Gasteiger partial charge on any atom is 0.145 e. The second-order valence-corrected chi connectivity index (χ2v) is 8.18. The van der Waals surface area contributed by atoms with Crippen molar-refractivity contribution in [2.75, 3.05) is 0 Å². The maximum atomic E-state index is 4.95. The van der Waals surface area contributed by atoms with Crippen molar-refractivity contribution in [3.05, 3.63) is 82.9 Å². The first-order chi connectivity index (χ1) is 13.4. The molecule has 0 unspecified atom stereocenters. The average Bonchev–Trinajstić information content (AvgIpc) is 3.06. The lowest BCUT2D eigenvalue weighted by molar-refractivity contribution is 0.564. The molecule has 0 saturated heterocycles. The lowest BCUT2D eigenvalue weighted by Gasteiger charge is -2.26. The van der Waals surface area contributed by atoms with Gasteiger partial charge in [0.25, 0.3) is 0 Å². The zero-order chi connectivity index (χ0) is 19.9. The van der Waals surface area contributed by atoms with Gasteiger partial charge >= 0.3 is 0 Å². The standard InChI is InChI=1S/C26H26N2/c1-6-7-15-20-18(2)25-27-21-16-11-12-17-22(21)28(25)24(26(3,4)5)23(20)19-13-9-8-10-14-19/h6-17H,2H2,1,3-5H3. The Labute approximate surface area is 166 Å².